The van der Waals surface area contributed by atoms with Crippen molar-refractivity contribution in [3.05, 3.63) is 0 Å². The van der Waals surface area contributed by atoms with Crippen LogP contribution in [-0.4, -0.2) is 37.0 Å². The monoisotopic (exact) mass is 167 g/mol. The number of carbonyl (C=O) groups excluding carboxylic acids is 1. The number of nitrogens with zero attached hydrogens (tertiary/aromatic N) is 2. The molecule has 0 saturated carbocycles. The Bertz CT molecular complexity index is 203. The van der Waals surface area contributed by atoms with Crippen molar-refractivity contribution in [3.63, 3.8) is 0 Å². The summed E-state index contributed by atoms with van der Waals surface area (Å²) in [6, 6.07) is 1.95. The molecule has 1 aliphatic heterocycles. The molecule has 0 aromatic rings. The highest BCUT2D eigenvalue weighted by molar-refractivity contribution is 5.80. The standard InChI is InChI=1S/C8H13N3O/c1-7(6-9)8(12)11-4-2-10-3-5-11/h7,10H,2-5H2,1H3. The average molecular weight is 167 g/mol. The van der Waals surface area contributed by atoms with Gasteiger partial charge in [0.25, 0.3) is 0 Å². The fourth-order valence-corrected chi connectivity index (χ4v) is 1.21. The van der Waals surface area contributed by atoms with E-state index in [1.165, 1.54) is 0 Å². The van der Waals surface area contributed by atoms with Crippen molar-refractivity contribution in [2.45, 2.75) is 6.92 Å². The van der Waals surface area contributed by atoms with E-state index in [1.54, 1.807) is 11.8 Å². The van der Waals surface area contributed by atoms with E-state index >= 15 is 0 Å². The molecule has 1 N–H and O–H groups in total. The largest absolute Gasteiger partial charge is 0.339 e. The zero-order valence-corrected chi connectivity index (χ0v) is 7.21. The Kier molecular flexibility index (Phi) is 3.06. The molecule has 0 aliphatic carbocycles. The molecule has 1 amide bonds. The van der Waals surface area contributed by atoms with Crippen LogP contribution in [0.15, 0.2) is 0 Å². The number of rotatable bonds is 1. The van der Waals surface area contributed by atoms with Gasteiger partial charge in [0.05, 0.1) is 6.07 Å². The number of carbonyl (C=O) groups is 1. The molecule has 0 aromatic heterocycles. The third-order valence-corrected chi connectivity index (χ3v) is 1.99. The van der Waals surface area contributed by atoms with Crippen LogP contribution in [0.1, 0.15) is 6.92 Å². The van der Waals surface area contributed by atoms with Crippen molar-refractivity contribution < 1.29 is 4.79 Å². The van der Waals surface area contributed by atoms with Gasteiger partial charge >= 0.3 is 0 Å². The molecule has 1 rings (SSSR count). The van der Waals surface area contributed by atoms with Gasteiger partial charge in [-0.2, -0.15) is 5.26 Å². The van der Waals surface area contributed by atoms with E-state index < -0.39 is 5.92 Å². The summed E-state index contributed by atoms with van der Waals surface area (Å²) in [5.74, 6) is -0.540. The first-order valence-electron chi connectivity index (χ1n) is 4.15. The van der Waals surface area contributed by atoms with Gasteiger partial charge < -0.3 is 10.2 Å². The van der Waals surface area contributed by atoms with E-state index in [2.05, 4.69) is 5.32 Å². The summed E-state index contributed by atoms with van der Waals surface area (Å²) < 4.78 is 0. The minimum Gasteiger partial charge on any atom is -0.339 e. The lowest BCUT2D eigenvalue weighted by Crippen LogP contribution is -2.47. The van der Waals surface area contributed by atoms with Crippen LogP contribution in [-0.2, 0) is 4.79 Å². The molecule has 1 aliphatic rings. The molecular weight excluding hydrogens is 154 g/mol. The predicted octanol–water partition coefficient (Wildman–Crippen LogP) is -0.422. The summed E-state index contributed by atoms with van der Waals surface area (Å²) in [7, 11) is 0. The topological polar surface area (TPSA) is 56.1 Å². The van der Waals surface area contributed by atoms with Crippen LogP contribution in [0.5, 0.6) is 0 Å². The lowest BCUT2D eigenvalue weighted by Gasteiger charge is -2.28. The Balaban J connectivity index is 2.46. The zero-order valence-electron chi connectivity index (χ0n) is 7.21. The van der Waals surface area contributed by atoms with Gasteiger partial charge in [0.1, 0.15) is 5.92 Å². The van der Waals surface area contributed by atoms with E-state index in [0.29, 0.717) is 0 Å². The maximum absolute atomic E-state index is 11.4. The number of piperazine rings is 1. The molecule has 1 heterocycles. The summed E-state index contributed by atoms with van der Waals surface area (Å²) in [5.41, 5.74) is 0. The maximum Gasteiger partial charge on any atom is 0.239 e. The molecule has 0 spiro atoms. The quantitative estimate of drug-likeness (QED) is 0.577. The average Bonchev–Trinajstić information content (AvgIpc) is 2.17. The van der Waals surface area contributed by atoms with Crippen molar-refractivity contribution >= 4 is 5.91 Å². The van der Waals surface area contributed by atoms with Gasteiger partial charge in [-0.1, -0.05) is 0 Å². The van der Waals surface area contributed by atoms with E-state index in [-0.39, 0.29) is 5.91 Å². The van der Waals surface area contributed by atoms with Gasteiger partial charge in [0.15, 0.2) is 0 Å². The second-order valence-electron chi connectivity index (χ2n) is 2.93. The van der Waals surface area contributed by atoms with Crippen molar-refractivity contribution in [2.75, 3.05) is 26.2 Å². The summed E-state index contributed by atoms with van der Waals surface area (Å²) in [5, 5.41) is 11.7. The minimum atomic E-state index is -0.497. The maximum atomic E-state index is 11.4. The molecule has 1 fully saturated rings. The van der Waals surface area contributed by atoms with Crippen LogP contribution in [0.4, 0.5) is 0 Å². The molecule has 1 atom stereocenters. The van der Waals surface area contributed by atoms with Crippen LogP contribution in [0.2, 0.25) is 0 Å². The molecule has 12 heavy (non-hydrogen) atoms. The van der Waals surface area contributed by atoms with Crippen molar-refractivity contribution in [1.29, 1.82) is 5.26 Å². The number of hydrogen-bond donors (Lipinski definition) is 1. The first-order chi connectivity index (χ1) is 5.75. The van der Waals surface area contributed by atoms with Crippen LogP contribution in [0.25, 0.3) is 0 Å². The van der Waals surface area contributed by atoms with Crippen LogP contribution in [0, 0.1) is 17.2 Å². The lowest BCUT2D eigenvalue weighted by molar-refractivity contribution is -0.133. The Morgan fingerprint density at radius 3 is 2.67 bits per heavy atom. The number of nitriles is 1. The molecule has 1 saturated heterocycles. The Morgan fingerprint density at radius 2 is 2.17 bits per heavy atom. The second-order valence-corrected chi connectivity index (χ2v) is 2.93. The van der Waals surface area contributed by atoms with Gasteiger partial charge in [-0.05, 0) is 6.92 Å². The van der Waals surface area contributed by atoms with Crippen LogP contribution in [0.3, 0.4) is 0 Å². The Morgan fingerprint density at radius 1 is 1.58 bits per heavy atom. The number of hydrogen-bond acceptors (Lipinski definition) is 3. The molecule has 0 radical (unpaired) electrons. The Labute approximate surface area is 72.2 Å². The molecular formula is C8H13N3O. The first-order valence-corrected chi connectivity index (χ1v) is 4.15. The van der Waals surface area contributed by atoms with Gasteiger partial charge in [-0.25, -0.2) is 0 Å². The van der Waals surface area contributed by atoms with Crippen molar-refractivity contribution in [2.24, 2.45) is 5.92 Å². The Hall–Kier alpha value is -1.08. The van der Waals surface area contributed by atoms with E-state index in [4.69, 9.17) is 5.26 Å². The molecule has 66 valence electrons. The van der Waals surface area contributed by atoms with E-state index in [0.717, 1.165) is 26.2 Å². The molecule has 0 bridgehead atoms. The third kappa shape index (κ3) is 1.95. The number of amides is 1. The highest BCUT2D eigenvalue weighted by atomic mass is 16.2. The van der Waals surface area contributed by atoms with Crippen LogP contribution < -0.4 is 5.32 Å². The fourth-order valence-electron chi connectivity index (χ4n) is 1.21. The zero-order chi connectivity index (χ0) is 8.97. The molecule has 4 heteroatoms. The summed E-state index contributed by atoms with van der Waals surface area (Å²) in [6.07, 6.45) is 0. The third-order valence-electron chi connectivity index (χ3n) is 1.99. The smallest absolute Gasteiger partial charge is 0.239 e. The van der Waals surface area contributed by atoms with Gasteiger partial charge in [-0.3, -0.25) is 4.79 Å². The van der Waals surface area contributed by atoms with Gasteiger partial charge in [0, 0.05) is 26.2 Å². The normalized spacial score (nSPS) is 19.8. The second kappa shape index (κ2) is 4.07. The number of nitrogens with one attached hydrogen (secondary N) is 1. The fraction of sp³-hybridized carbons (Fsp3) is 0.750. The van der Waals surface area contributed by atoms with Crippen molar-refractivity contribution in [1.82, 2.24) is 10.2 Å². The molecule has 4 nitrogen and oxygen atoms in total. The van der Waals surface area contributed by atoms with E-state index in [9.17, 15) is 4.79 Å². The predicted molar refractivity (Wildman–Crippen MR) is 44.2 cm³/mol. The summed E-state index contributed by atoms with van der Waals surface area (Å²) >= 11 is 0. The van der Waals surface area contributed by atoms with Crippen molar-refractivity contribution in [3.8, 4) is 6.07 Å². The minimum absolute atomic E-state index is 0.0426. The first kappa shape index (κ1) is 9.01. The van der Waals surface area contributed by atoms with Gasteiger partial charge in [-0.15, -0.1) is 0 Å². The van der Waals surface area contributed by atoms with Gasteiger partial charge in [0.2, 0.25) is 5.91 Å². The lowest BCUT2D eigenvalue weighted by atomic mass is 10.1. The molecule has 0 aromatic carbocycles. The SMILES string of the molecule is CC(C#N)C(=O)N1CCNCC1. The summed E-state index contributed by atoms with van der Waals surface area (Å²) in [6.45, 7) is 4.77. The molecule has 1 unspecified atom stereocenters. The highest BCUT2D eigenvalue weighted by Gasteiger charge is 2.20. The summed E-state index contributed by atoms with van der Waals surface area (Å²) in [4.78, 5) is 13.1. The van der Waals surface area contributed by atoms with E-state index in [1.807, 2.05) is 6.07 Å². The van der Waals surface area contributed by atoms with Crippen LogP contribution >= 0.6 is 0 Å². The highest BCUT2D eigenvalue weighted by Crippen LogP contribution is 2.01.